The minimum Gasteiger partial charge on any atom is -0.508 e. The highest BCUT2D eigenvalue weighted by Gasteiger charge is 2.57. The zero-order chi connectivity index (χ0) is 22.1. The fraction of sp³-hybridized carbons (Fsp3) is 0.667. The molecule has 2 aliphatic carbocycles. The average Bonchev–Trinajstić information content (AvgIpc) is 2.94. The number of carbonyl (C=O) groups is 1. The predicted molar refractivity (Wildman–Crippen MR) is 122 cm³/mol. The number of rotatable bonds is 7. The van der Waals surface area contributed by atoms with E-state index in [1.54, 1.807) is 6.07 Å². The molecule has 1 aromatic rings. The van der Waals surface area contributed by atoms with Crippen LogP contribution >= 0.6 is 0 Å². The molecule has 2 fully saturated rings. The molecule has 0 radical (unpaired) electrons. The van der Waals surface area contributed by atoms with Gasteiger partial charge in [-0.3, -0.25) is 4.79 Å². The van der Waals surface area contributed by atoms with Crippen LogP contribution in [0.25, 0.3) is 0 Å². The molecule has 0 bridgehead atoms. The smallest absolute Gasteiger partial charge is 0.136 e. The van der Waals surface area contributed by atoms with Crippen LogP contribution in [-0.2, 0) is 11.2 Å². The van der Waals surface area contributed by atoms with Gasteiger partial charge in [-0.05, 0) is 91.4 Å². The van der Waals surface area contributed by atoms with Crippen molar-refractivity contribution < 1.29 is 15.0 Å². The van der Waals surface area contributed by atoms with Gasteiger partial charge >= 0.3 is 0 Å². The van der Waals surface area contributed by atoms with Crippen molar-refractivity contribution in [3.8, 4) is 5.75 Å². The molecule has 0 unspecified atom stereocenters. The molecule has 0 spiro atoms. The van der Waals surface area contributed by atoms with E-state index in [1.165, 1.54) is 0 Å². The second-order valence-electron chi connectivity index (χ2n) is 10.6. The van der Waals surface area contributed by atoms with Gasteiger partial charge in [-0.1, -0.05) is 45.9 Å². The third-order valence-electron chi connectivity index (χ3n) is 8.00. The Bertz CT molecular complexity index is 780. The molecule has 2 aliphatic rings. The number of hydrogen-bond donors (Lipinski definition) is 2. The van der Waals surface area contributed by atoms with E-state index in [0.29, 0.717) is 24.0 Å². The molecule has 3 heteroatoms. The summed E-state index contributed by atoms with van der Waals surface area (Å²) in [5.41, 5.74) is 2.29. The van der Waals surface area contributed by atoms with Gasteiger partial charge in [-0.25, -0.2) is 0 Å². The number of benzene rings is 1. The van der Waals surface area contributed by atoms with Gasteiger partial charge in [0.2, 0.25) is 0 Å². The minimum atomic E-state index is -0.338. The van der Waals surface area contributed by atoms with Crippen molar-refractivity contribution in [1.29, 1.82) is 0 Å². The lowest BCUT2D eigenvalue weighted by Crippen LogP contribution is -2.43. The summed E-state index contributed by atoms with van der Waals surface area (Å²) >= 11 is 0. The van der Waals surface area contributed by atoms with E-state index in [9.17, 15) is 15.0 Å². The monoisotopic (exact) mass is 412 g/mol. The Balaban J connectivity index is 1.77. The van der Waals surface area contributed by atoms with E-state index in [-0.39, 0.29) is 35.0 Å². The lowest BCUT2D eigenvalue weighted by atomic mass is 9.58. The summed E-state index contributed by atoms with van der Waals surface area (Å²) in [4.78, 5) is 12.9. The molecule has 0 aromatic heterocycles. The van der Waals surface area contributed by atoms with Crippen molar-refractivity contribution in [3.63, 3.8) is 0 Å². The molecule has 166 valence electrons. The molecule has 2 N–H and O–H groups in total. The number of aliphatic hydroxyl groups is 1. The Hall–Kier alpha value is -1.61. The van der Waals surface area contributed by atoms with Gasteiger partial charge in [0.25, 0.3) is 0 Å². The fourth-order valence-corrected chi connectivity index (χ4v) is 6.38. The van der Waals surface area contributed by atoms with Crippen molar-refractivity contribution in [1.82, 2.24) is 0 Å². The standard InChI is InChI=1S/C27H40O3/c1-17(2)7-6-8-19(4)26-25(30)16-23-22(24(29)13-14-27(23,26)5)12-10-20-15-21(28)11-9-18(20)3/h6,8-9,11,15,17,19,22-23,25-26,28,30H,7,10,12-14,16H2,1-5H3/b8-6+/t19-,22+,23+,25+,26+,27+/m1/s1. The number of ketones is 1. The highest BCUT2D eigenvalue weighted by atomic mass is 16.3. The lowest BCUT2D eigenvalue weighted by Gasteiger charge is -2.45. The van der Waals surface area contributed by atoms with Crippen LogP contribution in [0.2, 0.25) is 0 Å². The first-order valence-electron chi connectivity index (χ1n) is 11.8. The summed E-state index contributed by atoms with van der Waals surface area (Å²) in [6.45, 7) is 11.1. The molecule has 0 aliphatic heterocycles. The number of aryl methyl sites for hydroxylation is 2. The summed E-state index contributed by atoms with van der Waals surface area (Å²) < 4.78 is 0. The van der Waals surface area contributed by atoms with Crippen LogP contribution in [0.5, 0.6) is 5.75 Å². The van der Waals surface area contributed by atoms with Crippen molar-refractivity contribution >= 4 is 5.78 Å². The Kier molecular flexibility index (Phi) is 7.12. The SMILES string of the molecule is Cc1ccc(O)cc1CC[C@@H]1C(=O)CC[C@]2(C)[C@@H]([C@H](C)/C=C/CC(C)C)[C@@H](O)C[C@@H]12. The molecule has 3 nitrogen and oxygen atoms in total. The first kappa shape index (κ1) is 23.1. The number of hydrogen-bond acceptors (Lipinski definition) is 3. The third kappa shape index (κ3) is 4.66. The van der Waals surface area contributed by atoms with Crippen LogP contribution in [0.15, 0.2) is 30.4 Å². The predicted octanol–water partition coefficient (Wildman–Crippen LogP) is 5.85. The van der Waals surface area contributed by atoms with Crippen LogP contribution in [0, 0.1) is 41.9 Å². The topological polar surface area (TPSA) is 57.5 Å². The first-order chi connectivity index (χ1) is 14.1. The van der Waals surface area contributed by atoms with Crippen LogP contribution < -0.4 is 0 Å². The summed E-state index contributed by atoms with van der Waals surface area (Å²) in [5, 5.41) is 20.9. The summed E-state index contributed by atoms with van der Waals surface area (Å²) in [7, 11) is 0. The number of phenolic OH excluding ortho intramolecular Hbond substituents is 1. The van der Waals surface area contributed by atoms with Gasteiger partial charge < -0.3 is 10.2 Å². The van der Waals surface area contributed by atoms with E-state index >= 15 is 0 Å². The maximum atomic E-state index is 12.9. The number of Topliss-reactive ketones (excluding diaryl/α,β-unsaturated/α-hetero) is 1. The van der Waals surface area contributed by atoms with Gasteiger partial charge in [-0.15, -0.1) is 0 Å². The molecular weight excluding hydrogens is 372 g/mol. The molecule has 0 amide bonds. The van der Waals surface area contributed by atoms with Gasteiger partial charge in [0.1, 0.15) is 11.5 Å². The van der Waals surface area contributed by atoms with Crippen LogP contribution in [-0.4, -0.2) is 22.1 Å². The van der Waals surface area contributed by atoms with Crippen molar-refractivity contribution in [2.75, 3.05) is 0 Å². The number of allylic oxidation sites excluding steroid dienone is 2. The minimum absolute atomic E-state index is 0.00739. The van der Waals surface area contributed by atoms with Crippen LogP contribution in [0.3, 0.4) is 0 Å². The van der Waals surface area contributed by atoms with Gasteiger partial charge in [0.05, 0.1) is 6.10 Å². The van der Waals surface area contributed by atoms with E-state index in [2.05, 4.69) is 46.8 Å². The van der Waals surface area contributed by atoms with E-state index in [1.807, 2.05) is 12.1 Å². The van der Waals surface area contributed by atoms with E-state index < -0.39 is 0 Å². The summed E-state index contributed by atoms with van der Waals surface area (Å²) in [6.07, 6.45) is 9.16. The molecule has 0 saturated heterocycles. The maximum absolute atomic E-state index is 12.9. The van der Waals surface area contributed by atoms with Crippen molar-refractivity contribution in [2.45, 2.75) is 79.2 Å². The molecule has 0 heterocycles. The second-order valence-corrected chi connectivity index (χ2v) is 10.6. The Morgan fingerprint density at radius 2 is 2.00 bits per heavy atom. The largest absolute Gasteiger partial charge is 0.508 e. The van der Waals surface area contributed by atoms with Crippen LogP contribution in [0.4, 0.5) is 0 Å². The van der Waals surface area contributed by atoms with E-state index in [0.717, 1.165) is 43.2 Å². The number of aliphatic hydroxyl groups excluding tert-OH is 1. The van der Waals surface area contributed by atoms with Crippen LogP contribution in [0.1, 0.15) is 70.9 Å². The van der Waals surface area contributed by atoms with E-state index in [4.69, 9.17) is 0 Å². The first-order valence-corrected chi connectivity index (χ1v) is 11.8. The number of carbonyl (C=O) groups excluding carboxylic acids is 1. The maximum Gasteiger partial charge on any atom is 0.136 e. The molecule has 2 saturated carbocycles. The zero-order valence-electron chi connectivity index (χ0n) is 19.4. The third-order valence-corrected chi connectivity index (χ3v) is 8.00. The van der Waals surface area contributed by atoms with Crippen molar-refractivity contribution in [3.05, 3.63) is 41.5 Å². The molecule has 3 rings (SSSR count). The van der Waals surface area contributed by atoms with Gasteiger partial charge in [0, 0.05) is 12.3 Å². The Morgan fingerprint density at radius 3 is 2.70 bits per heavy atom. The number of phenols is 1. The molecule has 6 atom stereocenters. The van der Waals surface area contributed by atoms with Gasteiger partial charge in [-0.2, -0.15) is 0 Å². The lowest BCUT2D eigenvalue weighted by molar-refractivity contribution is -0.132. The Morgan fingerprint density at radius 1 is 1.27 bits per heavy atom. The normalized spacial score (nSPS) is 32.7. The quantitative estimate of drug-likeness (QED) is 0.552. The summed E-state index contributed by atoms with van der Waals surface area (Å²) in [5.74, 6) is 2.08. The zero-order valence-corrected chi connectivity index (χ0v) is 19.4. The Labute approximate surface area is 182 Å². The van der Waals surface area contributed by atoms with Crippen molar-refractivity contribution in [2.24, 2.45) is 35.0 Å². The number of fused-ring (bicyclic) bond motifs is 1. The number of aromatic hydroxyl groups is 1. The highest BCUT2D eigenvalue weighted by molar-refractivity contribution is 5.82. The fourth-order valence-electron chi connectivity index (χ4n) is 6.38. The molecular formula is C27H40O3. The average molecular weight is 413 g/mol. The summed E-state index contributed by atoms with van der Waals surface area (Å²) in [6, 6.07) is 5.49. The molecule has 30 heavy (non-hydrogen) atoms. The second kappa shape index (κ2) is 9.26. The van der Waals surface area contributed by atoms with Gasteiger partial charge in [0.15, 0.2) is 0 Å². The highest BCUT2D eigenvalue weighted by Crippen LogP contribution is 2.59. The molecule has 1 aromatic carbocycles.